The Hall–Kier alpha value is -2.81. The van der Waals surface area contributed by atoms with Crippen LogP contribution in [0.15, 0.2) is 65.8 Å². The van der Waals surface area contributed by atoms with E-state index in [4.69, 9.17) is 23.2 Å². The Morgan fingerprint density at radius 3 is 2.53 bits per heavy atom. The molecule has 1 aliphatic rings. The van der Waals surface area contributed by atoms with Crippen molar-refractivity contribution in [2.45, 2.75) is 24.5 Å². The Balaban J connectivity index is 1.30. The molecular weight excluding hydrogens is 517 g/mol. The van der Waals surface area contributed by atoms with Crippen molar-refractivity contribution in [1.82, 2.24) is 20.2 Å². The molecule has 36 heavy (non-hydrogen) atoms. The number of hydrogen-bond donors (Lipinski definition) is 1. The van der Waals surface area contributed by atoms with E-state index < -0.39 is 0 Å². The number of nitrogens with one attached hydrogen (secondary N) is 1. The third-order valence-electron chi connectivity index (χ3n) is 5.88. The first-order valence-corrected chi connectivity index (χ1v) is 13.4. The maximum absolute atomic E-state index is 13.0. The molecule has 0 bridgehead atoms. The highest BCUT2D eigenvalue weighted by Gasteiger charge is 2.29. The lowest BCUT2D eigenvalue weighted by molar-refractivity contribution is -0.118. The summed E-state index contributed by atoms with van der Waals surface area (Å²) in [6.45, 7) is 4.36. The van der Waals surface area contributed by atoms with Gasteiger partial charge >= 0.3 is 0 Å². The average molecular weight is 545 g/mol. The van der Waals surface area contributed by atoms with Crippen LogP contribution in [-0.2, 0) is 11.2 Å². The minimum absolute atomic E-state index is 0.0194. The molecule has 1 aliphatic heterocycles. The van der Waals surface area contributed by atoms with Crippen molar-refractivity contribution >= 4 is 52.6 Å². The quantitative estimate of drug-likeness (QED) is 0.254. The van der Waals surface area contributed by atoms with Gasteiger partial charge in [0.25, 0.3) is 5.91 Å². The summed E-state index contributed by atoms with van der Waals surface area (Å²) < 4.78 is 0. The van der Waals surface area contributed by atoms with Gasteiger partial charge in [-0.25, -0.2) is 9.97 Å². The van der Waals surface area contributed by atoms with Gasteiger partial charge in [-0.1, -0.05) is 65.3 Å². The minimum Gasteiger partial charge on any atom is -0.355 e. The average Bonchev–Trinajstić information content (AvgIpc) is 2.88. The first kappa shape index (κ1) is 26.3. The Bertz CT molecular complexity index is 1200. The molecule has 2 amide bonds. The molecule has 2 heterocycles. The van der Waals surface area contributed by atoms with Gasteiger partial charge in [-0.05, 0) is 43.2 Å². The summed E-state index contributed by atoms with van der Waals surface area (Å²) in [5.41, 5.74) is 1.79. The number of nitrogens with zero attached hydrogens (tertiary/aromatic N) is 4. The summed E-state index contributed by atoms with van der Waals surface area (Å²) in [5, 5.41) is 4.29. The standard InChI is InChI=1S/C26H27Cl2N5O2S/c1-18-16-32(13-14-33(18)25(35)20-7-9-21(27)10-8-20)23-15-22(28)30-26(31-23)36-17-24(34)29-12-11-19-5-3-2-4-6-19/h2-10,15,18H,11-14,16-17H2,1H3,(H,29,34). The third kappa shape index (κ3) is 7.12. The van der Waals surface area contributed by atoms with Gasteiger partial charge < -0.3 is 15.1 Å². The highest BCUT2D eigenvalue weighted by molar-refractivity contribution is 7.99. The maximum atomic E-state index is 13.0. The topological polar surface area (TPSA) is 78.4 Å². The van der Waals surface area contributed by atoms with Crippen molar-refractivity contribution in [3.8, 4) is 0 Å². The van der Waals surface area contributed by atoms with Crippen LogP contribution in [0.4, 0.5) is 5.82 Å². The molecule has 3 aromatic rings. The van der Waals surface area contributed by atoms with Crippen LogP contribution in [0.3, 0.4) is 0 Å². The maximum Gasteiger partial charge on any atom is 0.254 e. The van der Waals surface area contributed by atoms with Crippen LogP contribution in [0.25, 0.3) is 0 Å². The van der Waals surface area contributed by atoms with E-state index in [0.29, 0.717) is 52.9 Å². The minimum atomic E-state index is -0.0796. The molecule has 1 saturated heterocycles. The molecule has 0 aliphatic carbocycles. The predicted octanol–water partition coefficient (Wildman–Crippen LogP) is 4.59. The molecule has 0 spiro atoms. The van der Waals surface area contributed by atoms with Crippen LogP contribution < -0.4 is 10.2 Å². The summed E-state index contributed by atoms with van der Waals surface area (Å²) in [7, 11) is 0. The van der Waals surface area contributed by atoms with E-state index in [-0.39, 0.29) is 23.6 Å². The number of aromatic nitrogens is 2. The van der Waals surface area contributed by atoms with Crippen molar-refractivity contribution in [3.63, 3.8) is 0 Å². The zero-order valence-electron chi connectivity index (χ0n) is 19.9. The van der Waals surface area contributed by atoms with Crippen molar-refractivity contribution in [1.29, 1.82) is 0 Å². The van der Waals surface area contributed by atoms with Gasteiger partial charge in [0.15, 0.2) is 5.16 Å². The number of amides is 2. The highest BCUT2D eigenvalue weighted by atomic mass is 35.5. The number of benzene rings is 2. The van der Waals surface area contributed by atoms with Gasteiger partial charge in [0.05, 0.1) is 5.75 Å². The molecule has 10 heteroatoms. The predicted molar refractivity (Wildman–Crippen MR) is 145 cm³/mol. The normalized spacial score (nSPS) is 15.6. The van der Waals surface area contributed by atoms with Crippen LogP contribution in [0, 0.1) is 0 Å². The van der Waals surface area contributed by atoms with Gasteiger partial charge in [-0.15, -0.1) is 0 Å². The largest absolute Gasteiger partial charge is 0.355 e. The molecule has 1 aromatic heterocycles. The van der Waals surface area contributed by atoms with Crippen LogP contribution in [0.2, 0.25) is 10.2 Å². The van der Waals surface area contributed by atoms with E-state index >= 15 is 0 Å². The van der Waals surface area contributed by atoms with Gasteiger partial charge in [-0.3, -0.25) is 9.59 Å². The Kier molecular flexibility index (Phi) is 9.07. The molecule has 7 nitrogen and oxygen atoms in total. The number of piperazine rings is 1. The number of rotatable bonds is 8. The lowest BCUT2D eigenvalue weighted by atomic mass is 10.1. The fraction of sp³-hybridized carbons (Fsp3) is 0.308. The number of thioether (sulfide) groups is 1. The van der Waals surface area contributed by atoms with Crippen LogP contribution in [-0.4, -0.2) is 64.7 Å². The van der Waals surface area contributed by atoms with E-state index in [2.05, 4.69) is 20.2 Å². The molecule has 0 saturated carbocycles. The second-order valence-electron chi connectivity index (χ2n) is 8.51. The van der Waals surface area contributed by atoms with E-state index in [9.17, 15) is 9.59 Å². The van der Waals surface area contributed by atoms with E-state index in [1.807, 2.05) is 42.2 Å². The molecular formula is C26H27Cl2N5O2S. The lowest BCUT2D eigenvalue weighted by Gasteiger charge is -2.40. The zero-order valence-corrected chi connectivity index (χ0v) is 22.2. The van der Waals surface area contributed by atoms with Crippen LogP contribution >= 0.6 is 35.0 Å². The van der Waals surface area contributed by atoms with E-state index in [1.54, 1.807) is 30.3 Å². The molecule has 188 valence electrons. The third-order valence-corrected chi connectivity index (χ3v) is 7.17. The van der Waals surface area contributed by atoms with Gasteiger partial charge in [0.2, 0.25) is 5.91 Å². The first-order chi connectivity index (χ1) is 17.4. The SMILES string of the molecule is CC1CN(c2cc(Cl)nc(SCC(=O)NCCc3ccccc3)n2)CCN1C(=O)c1ccc(Cl)cc1. The van der Waals surface area contributed by atoms with Crippen molar-refractivity contribution in [3.05, 3.63) is 82.0 Å². The Morgan fingerprint density at radius 2 is 1.81 bits per heavy atom. The van der Waals surface area contributed by atoms with Crippen molar-refractivity contribution in [2.24, 2.45) is 0 Å². The summed E-state index contributed by atoms with van der Waals surface area (Å²) in [6, 6.07) is 18.6. The van der Waals surface area contributed by atoms with Crippen LogP contribution in [0.1, 0.15) is 22.8 Å². The summed E-state index contributed by atoms with van der Waals surface area (Å²) >= 11 is 13.5. The van der Waals surface area contributed by atoms with Gasteiger partial charge in [-0.2, -0.15) is 0 Å². The Labute approximate surface area is 225 Å². The molecule has 4 rings (SSSR count). The van der Waals surface area contributed by atoms with E-state index in [0.717, 1.165) is 6.42 Å². The molecule has 1 fully saturated rings. The fourth-order valence-corrected chi connectivity index (χ4v) is 5.05. The molecule has 0 radical (unpaired) electrons. The van der Waals surface area contributed by atoms with Crippen molar-refractivity contribution in [2.75, 3.05) is 36.8 Å². The molecule has 1 atom stereocenters. The Morgan fingerprint density at radius 1 is 1.06 bits per heavy atom. The molecule has 2 aromatic carbocycles. The number of carbonyl (C=O) groups excluding carboxylic acids is 2. The second-order valence-corrected chi connectivity index (χ2v) is 10.3. The summed E-state index contributed by atoms with van der Waals surface area (Å²) in [6.07, 6.45) is 0.778. The molecule has 1 unspecified atom stereocenters. The smallest absolute Gasteiger partial charge is 0.254 e. The highest BCUT2D eigenvalue weighted by Crippen LogP contribution is 2.25. The first-order valence-electron chi connectivity index (χ1n) is 11.7. The molecule has 1 N–H and O–H groups in total. The summed E-state index contributed by atoms with van der Waals surface area (Å²) in [4.78, 5) is 38.1. The number of carbonyl (C=O) groups is 2. The summed E-state index contributed by atoms with van der Waals surface area (Å²) in [5.74, 6) is 0.791. The monoisotopic (exact) mass is 543 g/mol. The van der Waals surface area contributed by atoms with Crippen LogP contribution in [0.5, 0.6) is 0 Å². The lowest BCUT2D eigenvalue weighted by Crippen LogP contribution is -2.54. The fourth-order valence-electron chi connectivity index (χ4n) is 4.01. The van der Waals surface area contributed by atoms with Gasteiger partial charge in [0.1, 0.15) is 11.0 Å². The second kappa shape index (κ2) is 12.4. The van der Waals surface area contributed by atoms with E-state index in [1.165, 1.54) is 17.3 Å². The zero-order chi connectivity index (χ0) is 25.5. The van der Waals surface area contributed by atoms with Crippen molar-refractivity contribution < 1.29 is 9.59 Å². The van der Waals surface area contributed by atoms with Gasteiger partial charge in [0, 0.05) is 48.9 Å². The number of hydrogen-bond acceptors (Lipinski definition) is 6. The number of anilines is 1. The number of halogens is 2.